The number of H-pyrrole nitrogens is 1. The Hall–Kier alpha value is -2.88. The molecule has 2 aromatic carbocycles. The summed E-state index contributed by atoms with van der Waals surface area (Å²) >= 11 is 0. The summed E-state index contributed by atoms with van der Waals surface area (Å²) in [5, 5.41) is 3.19. The maximum absolute atomic E-state index is 13.1. The lowest BCUT2D eigenvalue weighted by molar-refractivity contribution is 0.717. The van der Waals surface area contributed by atoms with Crippen molar-refractivity contribution >= 4 is 5.71 Å². The van der Waals surface area contributed by atoms with Crippen LogP contribution >= 0.6 is 0 Å². The molecule has 0 aliphatic rings. The number of para-hydroxylation sites is 1. The molecule has 1 atom stereocenters. The number of aromatic amines is 1. The van der Waals surface area contributed by atoms with Crippen molar-refractivity contribution in [3.05, 3.63) is 87.8 Å². The van der Waals surface area contributed by atoms with Gasteiger partial charge in [-0.1, -0.05) is 55.5 Å². The fourth-order valence-electron chi connectivity index (χ4n) is 2.78. The Morgan fingerprint density at radius 3 is 2.28 bits per heavy atom. The number of hydrogen-bond acceptors (Lipinski definition) is 2. The number of rotatable bonds is 5. The summed E-state index contributed by atoms with van der Waals surface area (Å²) in [5.74, 6) is 0. The molecular formula is C21H23N3O. The van der Waals surface area contributed by atoms with Crippen molar-refractivity contribution in [3.63, 3.8) is 0 Å². The Bertz CT molecular complexity index is 921. The van der Waals surface area contributed by atoms with Gasteiger partial charge in [0.05, 0.1) is 17.0 Å². The number of aromatic nitrogens is 2. The molecule has 0 fully saturated rings. The van der Waals surface area contributed by atoms with Crippen molar-refractivity contribution < 1.29 is 0 Å². The van der Waals surface area contributed by atoms with Gasteiger partial charge in [0.2, 0.25) is 0 Å². The monoisotopic (exact) mass is 333 g/mol. The van der Waals surface area contributed by atoms with Gasteiger partial charge in [0.15, 0.2) is 0 Å². The third-order valence-corrected chi connectivity index (χ3v) is 4.31. The second-order valence-electron chi connectivity index (χ2n) is 6.19. The van der Waals surface area contributed by atoms with Gasteiger partial charge in [-0.25, -0.2) is 4.68 Å². The van der Waals surface area contributed by atoms with Crippen LogP contribution in [0.3, 0.4) is 0 Å². The molecule has 0 aliphatic heterocycles. The SMILES string of the molecule is CC[C@H](C)N=C(c1ccccc1)c1c(C)[nH]n(-c2ccccc2)c1=O. The number of nitrogens with one attached hydrogen (secondary N) is 1. The van der Waals surface area contributed by atoms with Crippen LogP contribution in [0.1, 0.15) is 37.1 Å². The van der Waals surface area contributed by atoms with Crippen LogP contribution in [0, 0.1) is 6.92 Å². The molecule has 3 aromatic rings. The molecule has 4 heteroatoms. The molecule has 0 saturated carbocycles. The quantitative estimate of drug-likeness (QED) is 0.702. The van der Waals surface area contributed by atoms with Crippen molar-refractivity contribution in [3.8, 4) is 5.69 Å². The second kappa shape index (κ2) is 7.34. The highest BCUT2D eigenvalue weighted by Crippen LogP contribution is 2.15. The Morgan fingerprint density at radius 1 is 1.08 bits per heavy atom. The topological polar surface area (TPSA) is 50.1 Å². The zero-order valence-corrected chi connectivity index (χ0v) is 14.9. The Labute approximate surface area is 147 Å². The van der Waals surface area contributed by atoms with Crippen LogP contribution in [-0.4, -0.2) is 21.5 Å². The van der Waals surface area contributed by atoms with E-state index >= 15 is 0 Å². The molecule has 0 saturated heterocycles. The molecule has 128 valence electrons. The maximum Gasteiger partial charge on any atom is 0.280 e. The molecule has 1 heterocycles. The molecule has 0 spiro atoms. The van der Waals surface area contributed by atoms with Crippen LogP contribution in [-0.2, 0) is 0 Å². The first-order valence-electron chi connectivity index (χ1n) is 8.62. The zero-order chi connectivity index (χ0) is 17.8. The summed E-state index contributed by atoms with van der Waals surface area (Å²) in [6.07, 6.45) is 0.923. The van der Waals surface area contributed by atoms with Crippen LogP contribution in [0.4, 0.5) is 0 Å². The van der Waals surface area contributed by atoms with Gasteiger partial charge in [0.1, 0.15) is 0 Å². The summed E-state index contributed by atoms with van der Waals surface area (Å²) < 4.78 is 1.58. The van der Waals surface area contributed by atoms with E-state index in [-0.39, 0.29) is 11.6 Å². The van der Waals surface area contributed by atoms with E-state index in [1.807, 2.05) is 67.6 Å². The zero-order valence-electron chi connectivity index (χ0n) is 14.9. The van der Waals surface area contributed by atoms with Crippen molar-refractivity contribution in [1.82, 2.24) is 9.78 Å². The summed E-state index contributed by atoms with van der Waals surface area (Å²) in [4.78, 5) is 18.0. The normalized spacial score (nSPS) is 13.0. The number of benzene rings is 2. The third kappa shape index (κ3) is 3.48. The van der Waals surface area contributed by atoms with E-state index in [4.69, 9.17) is 4.99 Å². The van der Waals surface area contributed by atoms with Crippen molar-refractivity contribution in [1.29, 1.82) is 0 Å². The fourth-order valence-corrected chi connectivity index (χ4v) is 2.78. The third-order valence-electron chi connectivity index (χ3n) is 4.31. The highest BCUT2D eigenvalue weighted by molar-refractivity contribution is 6.13. The highest BCUT2D eigenvalue weighted by atomic mass is 16.1. The maximum atomic E-state index is 13.1. The number of hydrogen-bond donors (Lipinski definition) is 1. The van der Waals surface area contributed by atoms with E-state index in [9.17, 15) is 4.79 Å². The van der Waals surface area contributed by atoms with Gasteiger partial charge in [0, 0.05) is 17.3 Å². The lowest BCUT2D eigenvalue weighted by atomic mass is 10.0. The minimum atomic E-state index is -0.0744. The highest BCUT2D eigenvalue weighted by Gasteiger charge is 2.19. The molecule has 0 unspecified atom stereocenters. The van der Waals surface area contributed by atoms with Crippen LogP contribution in [0.5, 0.6) is 0 Å². The summed E-state index contributed by atoms with van der Waals surface area (Å²) in [5.41, 5.74) is 3.91. The van der Waals surface area contributed by atoms with Crippen LogP contribution in [0.25, 0.3) is 5.69 Å². The van der Waals surface area contributed by atoms with Crippen molar-refractivity contribution in [2.75, 3.05) is 0 Å². The smallest absolute Gasteiger partial charge is 0.280 e. The lowest BCUT2D eigenvalue weighted by Gasteiger charge is -2.09. The molecule has 1 aromatic heterocycles. The average molecular weight is 333 g/mol. The van der Waals surface area contributed by atoms with Crippen LogP contribution < -0.4 is 5.56 Å². The molecule has 0 amide bonds. The summed E-state index contributed by atoms with van der Waals surface area (Å²) in [6.45, 7) is 6.09. The van der Waals surface area contributed by atoms with Gasteiger partial charge in [-0.05, 0) is 32.4 Å². The Kier molecular flexibility index (Phi) is 4.98. The van der Waals surface area contributed by atoms with Crippen LogP contribution in [0.15, 0.2) is 70.5 Å². The summed E-state index contributed by atoms with van der Waals surface area (Å²) in [6, 6.07) is 19.7. The number of aryl methyl sites for hydroxylation is 1. The van der Waals surface area contributed by atoms with E-state index < -0.39 is 0 Å². The predicted octanol–water partition coefficient (Wildman–Crippen LogP) is 4.11. The molecule has 0 radical (unpaired) electrons. The first-order valence-corrected chi connectivity index (χ1v) is 8.62. The summed E-state index contributed by atoms with van der Waals surface area (Å²) in [7, 11) is 0. The number of nitrogens with zero attached hydrogens (tertiary/aromatic N) is 2. The first kappa shape index (κ1) is 17.0. The van der Waals surface area contributed by atoms with Gasteiger partial charge >= 0.3 is 0 Å². The fraction of sp³-hybridized carbons (Fsp3) is 0.238. The Morgan fingerprint density at radius 2 is 1.68 bits per heavy atom. The predicted molar refractivity (Wildman–Crippen MR) is 103 cm³/mol. The molecule has 1 N–H and O–H groups in total. The molecular weight excluding hydrogens is 310 g/mol. The largest absolute Gasteiger partial charge is 0.295 e. The van der Waals surface area contributed by atoms with E-state index in [0.29, 0.717) is 5.56 Å². The lowest BCUT2D eigenvalue weighted by Crippen LogP contribution is -2.22. The number of aliphatic imine (C=N–C) groups is 1. The molecule has 3 rings (SSSR count). The molecule has 4 nitrogen and oxygen atoms in total. The second-order valence-corrected chi connectivity index (χ2v) is 6.19. The standard InChI is InChI=1S/C21H23N3O/c1-4-15(2)22-20(17-11-7-5-8-12-17)19-16(3)23-24(21(19)25)18-13-9-6-10-14-18/h5-15,23H,4H2,1-3H3/t15-/m0/s1. The minimum Gasteiger partial charge on any atom is -0.295 e. The molecule has 0 aliphatic carbocycles. The molecule has 0 bridgehead atoms. The Balaban J connectivity index is 2.20. The van der Waals surface area contributed by atoms with Crippen molar-refractivity contribution in [2.45, 2.75) is 33.2 Å². The van der Waals surface area contributed by atoms with Crippen LogP contribution in [0.2, 0.25) is 0 Å². The minimum absolute atomic E-state index is 0.0744. The van der Waals surface area contributed by atoms with Gasteiger partial charge in [-0.3, -0.25) is 14.9 Å². The first-order chi connectivity index (χ1) is 12.1. The van der Waals surface area contributed by atoms with Gasteiger partial charge in [-0.2, -0.15) is 0 Å². The molecule has 25 heavy (non-hydrogen) atoms. The van der Waals surface area contributed by atoms with E-state index in [0.717, 1.165) is 29.1 Å². The van der Waals surface area contributed by atoms with Gasteiger partial charge in [0.25, 0.3) is 5.56 Å². The van der Waals surface area contributed by atoms with Crippen molar-refractivity contribution in [2.24, 2.45) is 4.99 Å². The average Bonchev–Trinajstić information content (AvgIpc) is 2.95. The van der Waals surface area contributed by atoms with E-state index in [1.165, 1.54) is 0 Å². The van der Waals surface area contributed by atoms with E-state index in [1.54, 1.807) is 4.68 Å². The van der Waals surface area contributed by atoms with Gasteiger partial charge < -0.3 is 0 Å². The van der Waals surface area contributed by atoms with Gasteiger partial charge in [-0.15, -0.1) is 0 Å². The van der Waals surface area contributed by atoms with E-state index in [2.05, 4.69) is 18.9 Å².